The van der Waals surface area contributed by atoms with Crippen LogP contribution in [0.15, 0.2) is 24.3 Å². The van der Waals surface area contributed by atoms with Gasteiger partial charge in [-0.05, 0) is 67.1 Å². The van der Waals surface area contributed by atoms with Gasteiger partial charge in [-0.15, -0.1) is 23.2 Å². The standard InChI is InChI=1S/C20H24Cl2N2O2/c21-17-13-7-15(11-5-1-3-9(11)13)19(17)23(25)24(26)20-16-8-14(18(20)22)10-4-2-6-12(10)16/h1-2,5-6,9-20H,3-4,7-8H2/t9-,10-,11-,12-,13-,14+,15-,16+,17+,18-,19-,20+/m0/s1. The summed E-state index contributed by atoms with van der Waals surface area (Å²) in [6, 6.07) is -0.804. The number of hydroxylamine groups is 1. The normalized spacial score (nSPS) is 57.8. The third-order valence-corrected chi connectivity index (χ3v) is 9.92. The SMILES string of the molecule is O=[N+]([C@H]1[C@@H](Cl)[C@@H]2C[C@@H]1[C@H]1C=CC[C@@H]12)N([O-])[C@@H]1[C@H](Cl)[C@H]2C[C@H]1[C@H]1C=CC[C@@H]12. The molecule has 0 saturated heterocycles. The highest BCUT2D eigenvalue weighted by Crippen LogP contribution is 2.61. The molecule has 0 aromatic carbocycles. The van der Waals surface area contributed by atoms with Crippen molar-refractivity contribution in [3.63, 3.8) is 0 Å². The van der Waals surface area contributed by atoms with E-state index in [1.54, 1.807) is 0 Å². The number of alkyl halides is 2. The molecule has 26 heavy (non-hydrogen) atoms. The first-order valence-electron chi connectivity index (χ1n) is 10.1. The van der Waals surface area contributed by atoms with E-state index >= 15 is 0 Å². The molecule has 0 aromatic rings. The van der Waals surface area contributed by atoms with Crippen molar-refractivity contribution in [2.24, 2.45) is 47.3 Å². The van der Waals surface area contributed by atoms with E-state index in [1.165, 1.54) is 0 Å². The van der Waals surface area contributed by atoms with Gasteiger partial charge in [0.05, 0.1) is 16.3 Å². The molecule has 0 radical (unpaired) electrons. The lowest BCUT2D eigenvalue weighted by molar-refractivity contribution is -0.735. The van der Waals surface area contributed by atoms with E-state index in [0.29, 0.717) is 45.5 Å². The highest BCUT2D eigenvalue weighted by Gasteiger charge is 2.66. The third-order valence-electron chi connectivity index (χ3n) is 8.75. The molecule has 0 aromatic heterocycles. The Kier molecular flexibility index (Phi) is 3.46. The monoisotopic (exact) mass is 394 g/mol. The van der Waals surface area contributed by atoms with Crippen molar-refractivity contribution in [3.05, 3.63) is 34.4 Å². The minimum Gasteiger partial charge on any atom is -0.704 e. The Labute approximate surface area is 163 Å². The van der Waals surface area contributed by atoms with Crippen LogP contribution in [-0.2, 0) is 0 Å². The number of allylic oxidation sites excluding steroid dienone is 4. The van der Waals surface area contributed by atoms with Crippen LogP contribution in [-0.4, -0.2) is 32.9 Å². The maximum Gasteiger partial charge on any atom is 0.253 e. The van der Waals surface area contributed by atoms with Crippen molar-refractivity contribution >= 4 is 23.2 Å². The second-order valence-electron chi connectivity index (χ2n) is 9.41. The summed E-state index contributed by atoms with van der Waals surface area (Å²) in [4.78, 5) is 13.9. The van der Waals surface area contributed by atoms with Gasteiger partial charge in [0.2, 0.25) is 0 Å². The smallest absolute Gasteiger partial charge is 0.253 e. The molecule has 0 unspecified atom stereocenters. The molecule has 6 aliphatic rings. The van der Waals surface area contributed by atoms with Crippen LogP contribution in [0.5, 0.6) is 0 Å². The summed E-state index contributed by atoms with van der Waals surface area (Å²) in [6.45, 7) is 0. The number of hydrogen-bond donors (Lipinski definition) is 0. The maximum atomic E-state index is 13.2. The van der Waals surface area contributed by atoms with E-state index < -0.39 is 12.1 Å². The Bertz CT molecular complexity index is 712. The predicted molar refractivity (Wildman–Crippen MR) is 100 cm³/mol. The van der Waals surface area contributed by atoms with E-state index in [9.17, 15) is 10.1 Å². The highest BCUT2D eigenvalue weighted by molar-refractivity contribution is 6.22. The lowest BCUT2D eigenvalue weighted by Crippen LogP contribution is -2.55. The molecular formula is C20H24Cl2N2O2. The Morgan fingerprint density at radius 2 is 1.42 bits per heavy atom. The fraction of sp³-hybridized carbons (Fsp3) is 0.800. The zero-order valence-corrected chi connectivity index (χ0v) is 16.0. The summed E-state index contributed by atoms with van der Waals surface area (Å²) in [5.41, 5.74) is 0. The van der Waals surface area contributed by atoms with Crippen LogP contribution in [0.2, 0.25) is 0 Å². The largest absolute Gasteiger partial charge is 0.704 e. The second-order valence-corrected chi connectivity index (χ2v) is 10.4. The predicted octanol–water partition coefficient (Wildman–Crippen LogP) is 4.12. The van der Waals surface area contributed by atoms with Crippen molar-refractivity contribution in [3.8, 4) is 0 Å². The molecule has 0 heterocycles. The Balaban J connectivity index is 1.25. The maximum absolute atomic E-state index is 13.2. The summed E-state index contributed by atoms with van der Waals surface area (Å²) in [7, 11) is 0. The van der Waals surface area contributed by atoms with Crippen molar-refractivity contribution in [1.29, 1.82) is 0 Å². The number of nitrogens with zero attached hydrogens (tertiary/aromatic N) is 2. The summed E-state index contributed by atoms with van der Waals surface area (Å²) < 4.78 is 0. The van der Waals surface area contributed by atoms with Gasteiger partial charge in [0.1, 0.15) is 10.2 Å². The summed E-state index contributed by atoms with van der Waals surface area (Å²) in [5, 5.41) is 13.4. The zero-order valence-electron chi connectivity index (χ0n) is 14.5. The highest BCUT2D eigenvalue weighted by atomic mass is 35.5. The molecule has 4 saturated carbocycles. The number of hydrazine groups is 1. The molecule has 6 heteroatoms. The van der Waals surface area contributed by atoms with Crippen LogP contribution < -0.4 is 0 Å². The van der Waals surface area contributed by atoms with Crippen LogP contribution in [0.4, 0.5) is 0 Å². The van der Waals surface area contributed by atoms with Gasteiger partial charge in [-0.2, -0.15) is 5.17 Å². The lowest BCUT2D eigenvalue weighted by atomic mass is 9.78. The molecule has 6 aliphatic carbocycles. The molecule has 0 N–H and O–H groups in total. The summed E-state index contributed by atoms with van der Waals surface area (Å²) in [6.07, 6.45) is 13.1. The number of fused-ring (bicyclic) bond motifs is 10. The molecular weight excluding hydrogens is 371 g/mol. The van der Waals surface area contributed by atoms with Gasteiger partial charge in [-0.25, -0.2) is 0 Å². The molecule has 0 aliphatic heterocycles. The van der Waals surface area contributed by atoms with E-state index in [0.717, 1.165) is 25.7 Å². The van der Waals surface area contributed by atoms with Gasteiger partial charge in [0.25, 0.3) is 6.04 Å². The fourth-order valence-electron chi connectivity index (χ4n) is 7.80. The fourth-order valence-corrected chi connectivity index (χ4v) is 8.94. The molecule has 6 rings (SSSR count). The van der Waals surface area contributed by atoms with Crippen LogP contribution in [0.1, 0.15) is 25.7 Å². The Morgan fingerprint density at radius 1 is 0.846 bits per heavy atom. The minimum absolute atomic E-state index is 0.215. The number of rotatable bonds is 3. The minimum atomic E-state index is -0.402. The van der Waals surface area contributed by atoms with Gasteiger partial charge < -0.3 is 5.21 Å². The molecule has 4 nitrogen and oxygen atoms in total. The molecule has 12 atom stereocenters. The quantitative estimate of drug-likeness (QED) is 0.313. The van der Waals surface area contributed by atoms with E-state index in [4.69, 9.17) is 23.2 Å². The summed E-state index contributed by atoms with van der Waals surface area (Å²) >= 11 is 13.4. The van der Waals surface area contributed by atoms with Crippen molar-refractivity contribution in [2.75, 3.05) is 0 Å². The average molecular weight is 395 g/mol. The van der Waals surface area contributed by atoms with Gasteiger partial charge in [0.15, 0.2) is 0 Å². The Morgan fingerprint density at radius 3 is 2.12 bits per heavy atom. The molecule has 4 fully saturated rings. The van der Waals surface area contributed by atoms with Crippen molar-refractivity contribution < 1.29 is 4.87 Å². The second kappa shape index (κ2) is 5.48. The zero-order chi connectivity index (χ0) is 17.7. The van der Waals surface area contributed by atoms with E-state index in [1.807, 2.05) is 0 Å². The number of halogens is 2. The van der Waals surface area contributed by atoms with Crippen molar-refractivity contribution in [1.82, 2.24) is 5.17 Å². The van der Waals surface area contributed by atoms with Gasteiger partial charge in [0, 0.05) is 5.92 Å². The van der Waals surface area contributed by atoms with Gasteiger partial charge in [-0.3, -0.25) is 0 Å². The van der Waals surface area contributed by atoms with Crippen LogP contribution >= 0.6 is 23.2 Å². The number of nitroso groups, excluding NO2 is 1. The average Bonchev–Trinajstić information content (AvgIpc) is 3.38. The molecule has 0 spiro atoms. The van der Waals surface area contributed by atoms with Crippen LogP contribution in [0, 0.1) is 57.5 Å². The van der Waals surface area contributed by atoms with Gasteiger partial charge in [-0.1, -0.05) is 24.3 Å². The first kappa shape index (κ1) is 16.4. The van der Waals surface area contributed by atoms with E-state index in [-0.39, 0.29) is 22.6 Å². The molecule has 140 valence electrons. The van der Waals surface area contributed by atoms with Gasteiger partial charge >= 0.3 is 0 Å². The van der Waals surface area contributed by atoms with Crippen LogP contribution in [0.25, 0.3) is 0 Å². The van der Waals surface area contributed by atoms with Crippen molar-refractivity contribution in [2.45, 2.75) is 48.5 Å². The third kappa shape index (κ3) is 1.87. The first-order chi connectivity index (χ1) is 12.6. The van der Waals surface area contributed by atoms with E-state index in [2.05, 4.69) is 24.3 Å². The van der Waals surface area contributed by atoms with Crippen LogP contribution in [0.3, 0.4) is 0 Å². The number of hydrogen-bond acceptors (Lipinski definition) is 2. The summed E-state index contributed by atoms with van der Waals surface area (Å²) in [5.74, 6) is 3.19. The lowest BCUT2D eigenvalue weighted by Gasteiger charge is -2.41. The topological polar surface area (TPSA) is 46.4 Å². The molecule has 0 amide bonds. The molecule has 4 bridgehead atoms. The Hall–Kier alpha value is -0.580. The first-order valence-corrected chi connectivity index (χ1v) is 11.0.